The predicted octanol–water partition coefficient (Wildman–Crippen LogP) is 5.41. The molecule has 0 aliphatic rings. The fraction of sp³-hybridized carbons (Fsp3) is 0.167. The van der Waals surface area contributed by atoms with Crippen molar-refractivity contribution in [2.75, 3.05) is 5.32 Å². The van der Waals surface area contributed by atoms with E-state index in [9.17, 15) is 9.18 Å². The zero-order chi connectivity index (χ0) is 22.7. The summed E-state index contributed by atoms with van der Waals surface area (Å²) in [5.74, 6) is 4.96. The van der Waals surface area contributed by atoms with Crippen LogP contribution >= 0.6 is 11.3 Å². The summed E-state index contributed by atoms with van der Waals surface area (Å²) in [4.78, 5) is 21.9. The number of nitrogens with one attached hydrogen (secondary N) is 1. The summed E-state index contributed by atoms with van der Waals surface area (Å²) in [6.45, 7) is 5.62. The van der Waals surface area contributed by atoms with Crippen molar-refractivity contribution in [1.29, 1.82) is 0 Å². The van der Waals surface area contributed by atoms with Crippen molar-refractivity contribution >= 4 is 22.4 Å². The van der Waals surface area contributed by atoms with E-state index in [0.717, 1.165) is 5.56 Å². The second-order valence-corrected chi connectivity index (χ2v) is 8.08. The lowest BCUT2D eigenvalue weighted by molar-refractivity contribution is 0.102. The standard InChI is InChI=1S/C24H20FN5OS/c1-4-7-16-10-11-20(26-12-16)21-14-32-24(28-21)29-23(31)18-13-27-30(15(2)3)22(18)17-8-5-6-9-19(17)25/h5-6,8-15H,1-3H3,(H,28,29,31). The Hall–Kier alpha value is -3.83. The molecule has 1 amide bonds. The molecule has 32 heavy (non-hydrogen) atoms. The molecule has 1 N–H and O–H groups in total. The molecule has 4 aromatic rings. The van der Waals surface area contributed by atoms with Crippen molar-refractivity contribution in [2.45, 2.75) is 26.8 Å². The minimum Gasteiger partial charge on any atom is -0.298 e. The van der Waals surface area contributed by atoms with E-state index in [1.807, 2.05) is 31.4 Å². The third-order valence-electron chi connectivity index (χ3n) is 4.68. The molecule has 160 valence electrons. The maximum atomic E-state index is 14.5. The summed E-state index contributed by atoms with van der Waals surface area (Å²) in [6, 6.07) is 10.0. The number of benzene rings is 1. The summed E-state index contributed by atoms with van der Waals surface area (Å²) in [7, 11) is 0. The van der Waals surface area contributed by atoms with E-state index in [0.29, 0.717) is 27.8 Å². The lowest BCUT2D eigenvalue weighted by Crippen LogP contribution is -2.14. The van der Waals surface area contributed by atoms with Gasteiger partial charge in [0.15, 0.2) is 5.13 Å². The number of carbonyl (C=O) groups excluding carboxylic acids is 1. The number of halogens is 1. The van der Waals surface area contributed by atoms with Crippen LogP contribution in [0.25, 0.3) is 22.6 Å². The van der Waals surface area contributed by atoms with E-state index in [4.69, 9.17) is 0 Å². The highest BCUT2D eigenvalue weighted by Gasteiger charge is 2.23. The Morgan fingerprint density at radius 2 is 1.97 bits per heavy atom. The Balaban J connectivity index is 1.61. The van der Waals surface area contributed by atoms with Crippen LogP contribution in [0.1, 0.15) is 42.7 Å². The van der Waals surface area contributed by atoms with Gasteiger partial charge in [-0.3, -0.25) is 19.8 Å². The molecule has 0 unspecified atom stereocenters. The van der Waals surface area contributed by atoms with Crippen LogP contribution in [0.15, 0.2) is 54.2 Å². The van der Waals surface area contributed by atoms with Gasteiger partial charge in [0, 0.05) is 28.7 Å². The minimum absolute atomic E-state index is 0.0518. The number of hydrogen-bond acceptors (Lipinski definition) is 5. The molecule has 8 heteroatoms. The second kappa shape index (κ2) is 9.12. The van der Waals surface area contributed by atoms with Crippen molar-refractivity contribution in [2.24, 2.45) is 0 Å². The first-order valence-electron chi connectivity index (χ1n) is 9.96. The maximum absolute atomic E-state index is 14.5. The monoisotopic (exact) mass is 445 g/mol. The van der Waals surface area contributed by atoms with Gasteiger partial charge >= 0.3 is 0 Å². The smallest absolute Gasteiger partial charge is 0.261 e. The SMILES string of the molecule is CC#Cc1ccc(-c2csc(NC(=O)c3cnn(C(C)C)c3-c3ccccc3F)n2)nc1. The average molecular weight is 446 g/mol. The van der Waals surface area contributed by atoms with Gasteiger partial charge in [-0.2, -0.15) is 5.10 Å². The lowest BCUT2D eigenvalue weighted by atomic mass is 10.1. The van der Waals surface area contributed by atoms with Gasteiger partial charge in [-0.1, -0.05) is 18.1 Å². The molecule has 0 aliphatic carbocycles. The van der Waals surface area contributed by atoms with Gasteiger partial charge in [-0.25, -0.2) is 9.37 Å². The molecule has 0 fully saturated rings. The fourth-order valence-corrected chi connectivity index (χ4v) is 3.92. The van der Waals surface area contributed by atoms with E-state index >= 15 is 0 Å². The van der Waals surface area contributed by atoms with Crippen LogP contribution < -0.4 is 5.32 Å². The Bertz CT molecular complexity index is 1330. The highest BCUT2D eigenvalue weighted by Crippen LogP contribution is 2.30. The summed E-state index contributed by atoms with van der Waals surface area (Å²) in [6.07, 6.45) is 3.14. The summed E-state index contributed by atoms with van der Waals surface area (Å²) in [5, 5.41) is 9.36. The van der Waals surface area contributed by atoms with Gasteiger partial charge in [0.1, 0.15) is 11.5 Å². The Morgan fingerprint density at radius 1 is 1.16 bits per heavy atom. The van der Waals surface area contributed by atoms with Crippen LogP contribution in [0.2, 0.25) is 0 Å². The van der Waals surface area contributed by atoms with Gasteiger partial charge in [-0.15, -0.1) is 17.3 Å². The van der Waals surface area contributed by atoms with Crippen LogP contribution in [0.3, 0.4) is 0 Å². The zero-order valence-corrected chi connectivity index (χ0v) is 18.6. The van der Waals surface area contributed by atoms with Crippen LogP contribution in [-0.4, -0.2) is 25.7 Å². The molecule has 4 rings (SSSR count). The number of pyridine rings is 1. The minimum atomic E-state index is -0.414. The topological polar surface area (TPSA) is 72.7 Å². The third kappa shape index (κ3) is 4.29. The Kier molecular flexibility index (Phi) is 6.10. The largest absolute Gasteiger partial charge is 0.298 e. The number of carbonyl (C=O) groups is 1. The first-order valence-corrected chi connectivity index (χ1v) is 10.8. The molecular formula is C24H20FN5OS. The molecule has 0 bridgehead atoms. The molecular weight excluding hydrogens is 425 g/mol. The van der Waals surface area contributed by atoms with Crippen LogP contribution in [-0.2, 0) is 0 Å². The number of aromatic nitrogens is 4. The number of thiazole rings is 1. The number of hydrogen-bond donors (Lipinski definition) is 1. The summed E-state index contributed by atoms with van der Waals surface area (Å²) < 4.78 is 16.2. The van der Waals surface area contributed by atoms with Gasteiger partial charge in [0.25, 0.3) is 5.91 Å². The molecule has 0 saturated heterocycles. The molecule has 0 aliphatic heterocycles. The fourth-order valence-electron chi connectivity index (χ4n) is 3.22. The Labute approximate surface area is 189 Å². The van der Waals surface area contributed by atoms with Crippen LogP contribution in [0.4, 0.5) is 9.52 Å². The summed E-state index contributed by atoms with van der Waals surface area (Å²) in [5.41, 5.74) is 3.19. The highest BCUT2D eigenvalue weighted by molar-refractivity contribution is 7.14. The molecule has 0 spiro atoms. The number of amides is 1. The lowest BCUT2D eigenvalue weighted by Gasteiger charge is -2.13. The molecule has 0 saturated carbocycles. The molecule has 0 radical (unpaired) electrons. The third-order valence-corrected chi connectivity index (χ3v) is 5.44. The molecule has 3 aromatic heterocycles. The van der Waals surface area contributed by atoms with E-state index in [2.05, 4.69) is 32.2 Å². The normalized spacial score (nSPS) is 10.7. The number of anilines is 1. The van der Waals surface area contributed by atoms with E-state index in [1.54, 1.807) is 36.0 Å². The van der Waals surface area contributed by atoms with Gasteiger partial charge in [0.2, 0.25) is 0 Å². The quantitative estimate of drug-likeness (QED) is 0.417. The zero-order valence-electron chi connectivity index (χ0n) is 17.8. The van der Waals surface area contributed by atoms with Gasteiger partial charge < -0.3 is 0 Å². The number of rotatable bonds is 5. The van der Waals surface area contributed by atoms with Crippen molar-refractivity contribution < 1.29 is 9.18 Å². The maximum Gasteiger partial charge on any atom is 0.261 e. The van der Waals surface area contributed by atoms with Gasteiger partial charge in [0.05, 0.1) is 23.1 Å². The highest BCUT2D eigenvalue weighted by atomic mass is 32.1. The van der Waals surface area contributed by atoms with E-state index < -0.39 is 11.7 Å². The van der Waals surface area contributed by atoms with Crippen molar-refractivity contribution in [3.8, 4) is 34.5 Å². The molecule has 0 atom stereocenters. The van der Waals surface area contributed by atoms with Gasteiger partial charge in [-0.05, 0) is 45.0 Å². The number of nitrogens with zero attached hydrogens (tertiary/aromatic N) is 4. The van der Waals surface area contributed by atoms with E-state index in [1.165, 1.54) is 23.6 Å². The van der Waals surface area contributed by atoms with Crippen molar-refractivity contribution in [3.05, 3.63) is 71.1 Å². The van der Waals surface area contributed by atoms with Crippen molar-refractivity contribution in [1.82, 2.24) is 19.7 Å². The average Bonchev–Trinajstić information content (AvgIpc) is 3.42. The van der Waals surface area contributed by atoms with Crippen LogP contribution in [0, 0.1) is 17.7 Å². The van der Waals surface area contributed by atoms with Crippen LogP contribution in [0.5, 0.6) is 0 Å². The van der Waals surface area contributed by atoms with Crippen molar-refractivity contribution in [3.63, 3.8) is 0 Å². The molecule has 6 nitrogen and oxygen atoms in total. The Morgan fingerprint density at radius 3 is 2.66 bits per heavy atom. The van der Waals surface area contributed by atoms with E-state index in [-0.39, 0.29) is 11.6 Å². The first-order chi connectivity index (χ1) is 15.5. The predicted molar refractivity (Wildman–Crippen MR) is 124 cm³/mol. The molecule has 1 aromatic carbocycles. The molecule has 3 heterocycles. The first kappa shape index (κ1) is 21.4. The second-order valence-electron chi connectivity index (χ2n) is 7.22. The summed E-state index contributed by atoms with van der Waals surface area (Å²) >= 11 is 1.29.